The lowest BCUT2D eigenvalue weighted by Gasteiger charge is -2.09. The van der Waals surface area contributed by atoms with Crippen LogP contribution in [0.2, 0.25) is 0 Å². The van der Waals surface area contributed by atoms with Crippen molar-refractivity contribution in [3.63, 3.8) is 0 Å². The van der Waals surface area contributed by atoms with Gasteiger partial charge in [0.15, 0.2) is 0 Å². The van der Waals surface area contributed by atoms with Crippen molar-refractivity contribution in [2.24, 2.45) is 0 Å². The first-order valence-corrected chi connectivity index (χ1v) is 10.7. The van der Waals surface area contributed by atoms with Crippen LogP contribution >= 0.6 is 0 Å². The highest BCUT2D eigenvalue weighted by Gasteiger charge is 2.16. The summed E-state index contributed by atoms with van der Waals surface area (Å²) in [5.41, 5.74) is 7.18. The molecule has 0 saturated heterocycles. The van der Waals surface area contributed by atoms with Crippen LogP contribution in [-0.2, 0) is 0 Å². The molecule has 0 unspecified atom stereocenters. The second-order valence-electron chi connectivity index (χ2n) is 8.60. The molecule has 0 amide bonds. The summed E-state index contributed by atoms with van der Waals surface area (Å²) in [7, 11) is 0. The first-order chi connectivity index (χ1) is 15.1. The van der Waals surface area contributed by atoms with E-state index >= 15 is 0 Å². The van der Waals surface area contributed by atoms with Gasteiger partial charge < -0.3 is 4.42 Å². The van der Waals surface area contributed by atoms with Gasteiger partial charge in [0.1, 0.15) is 17.5 Å². The molecule has 0 radical (unpaired) electrons. The Morgan fingerprint density at radius 3 is 2.48 bits per heavy atom. The number of hydrogen-bond acceptors (Lipinski definition) is 3. The average molecular weight is 402 g/mol. The summed E-state index contributed by atoms with van der Waals surface area (Å²) in [6, 6.07) is 23.6. The second-order valence-corrected chi connectivity index (χ2v) is 8.60. The van der Waals surface area contributed by atoms with E-state index in [0.717, 1.165) is 49.5 Å². The molecule has 0 bridgehead atoms. The van der Waals surface area contributed by atoms with E-state index in [9.17, 15) is 0 Å². The highest BCUT2D eigenvalue weighted by molar-refractivity contribution is 6.14. The summed E-state index contributed by atoms with van der Waals surface area (Å²) in [6.07, 6.45) is 1.66. The first kappa shape index (κ1) is 18.1. The van der Waals surface area contributed by atoms with Gasteiger partial charge in [-0.2, -0.15) is 0 Å². The number of furan rings is 1. The zero-order chi connectivity index (χ0) is 21.1. The summed E-state index contributed by atoms with van der Waals surface area (Å²) in [6.45, 7) is 6.52. The molecule has 0 atom stereocenters. The van der Waals surface area contributed by atoms with E-state index in [1.54, 1.807) is 6.33 Å². The summed E-state index contributed by atoms with van der Waals surface area (Å²) >= 11 is 0. The lowest BCUT2D eigenvalue weighted by Crippen LogP contribution is -1.91. The monoisotopic (exact) mass is 402 g/mol. The summed E-state index contributed by atoms with van der Waals surface area (Å²) in [4.78, 5) is 9.35. The van der Waals surface area contributed by atoms with Gasteiger partial charge in [-0.25, -0.2) is 9.97 Å². The molecule has 6 aromatic rings. The molecule has 2 aromatic heterocycles. The van der Waals surface area contributed by atoms with E-state index in [0.29, 0.717) is 5.92 Å². The van der Waals surface area contributed by atoms with Crippen molar-refractivity contribution < 1.29 is 4.42 Å². The Hall–Kier alpha value is -3.72. The fourth-order valence-electron chi connectivity index (χ4n) is 4.54. The van der Waals surface area contributed by atoms with Crippen LogP contribution < -0.4 is 0 Å². The minimum absolute atomic E-state index is 0.458. The number of hydrogen-bond donors (Lipinski definition) is 0. The van der Waals surface area contributed by atoms with Crippen LogP contribution in [0.4, 0.5) is 0 Å². The molecule has 150 valence electrons. The van der Waals surface area contributed by atoms with Gasteiger partial charge in [-0.1, -0.05) is 61.9 Å². The highest BCUT2D eigenvalue weighted by Crippen LogP contribution is 2.38. The van der Waals surface area contributed by atoms with Crippen molar-refractivity contribution >= 4 is 43.6 Å². The van der Waals surface area contributed by atoms with Crippen LogP contribution in [0.1, 0.15) is 30.9 Å². The van der Waals surface area contributed by atoms with Gasteiger partial charge >= 0.3 is 0 Å². The van der Waals surface area contributed by atoms with Crippen molar-refractivity contribution in [1.82, 2.24) is 9.97 Å². The van der Waals surface area contributed by atoms with E-state index in [4.69, 9.17) is 9.40 Å². The number of benzene rings is 4. The normalized spacial score (nSPS) is 12.0. The van der Waals surface area contributed by atoms with Gasteiger partial charge in [0.25, 0.3) is 0 Å². The van der Waals surface area contributed by atoms with Gasteiger partial charge in [-0.05, 0) is 48.1 Å². The topological polar surface area (TPSA) is 38.9 Å². The van der Waals surface area contributed by atoms with Crippen molar-refractivity contribution in [1.29, 1.82) is 0 Å². The molecule has 6 rings (SSSR count). The molecule has 0 fully saturated rings. The maximum Gasteiger partial charge on any atom is 0.144 e. The van der Waals surface area contributed by atoms with E-state index < -0.39 is 0 Å². The zero-order valence-corrected chi connectivity index (χ0v) is 17.8. The third kappa shape index (κ3) is 2.73. The van der Waals surface area contributed by atoms with Gasteiger partial charge in [-0.15, -0.1) is 0 Å². The second kappa shape index (κ2) is 6.64. The molecule has 4 aromatic carbocycles. The van der Waals surface area contributed by atoms with E-state index in [1.165, 1.54) is 16.5 Å². The van der Waals surface area contributed by atoms with Crippen LogP contribution in [-0.4, -0.2) is 9.97 Å². The summed E-state index contributed by atoms with van der Waals surface area (Å²) in [5.74, 6) is 0.458. The quantitative estimate of drug-likeness (QED) is 0.278. The summed E-state index contributed by atoms with van der Waals surface area (Å²) in [5, 5.41) is 5.63. The van der Waals surface area contributed by atoms with E-state index in [2.05, 4.69) is 92.5 Å². The maximum atomic E-state index is 6.42. The Kier molecular flexibility index (Phi) is 3.87. The van der Waals surface area contributed by atoms with Crippen molar-refractivity contribution in [3.8, 4) is 11.3 Å². The smallest absolute Gasteiger partial charge is 0.144 e. The fourth-order valence-corrected chi connectivity index (χ4v) is 4.54. The van der Waals surface area contributed by atoms with E-state index in [1.807, 2.05) is 0 Å². The Labute approximate surface area is 180 Å². The predicted octanol–water partition coefficient (Wildman–Crippen LogP) is 7.78. The Balaban J connectivity index is 1.67. The molecule has 0 N–H and O–H groups in total. The minimum Gasteiger partial charge on any atom is -0.455 e. The number of rotatable bonds is 2. The summed E-state index contributed by atoms with van der Waals surface area (Å²) < 4.78 is 6.42. The molecule has 3 nitrogen and oxygen atoms in total. The Morgan fingerprint density at radius 2 is 1.61 bits per heavy atom. The number of aromatic nitrogens is 2. The molecular formula is C28H22N2O. The average Bonchev–Trinajstić information content (AvgIpc) is 3.16. The fraction of sp³-hybridized carbons (Fsp3) is 0.143. The first-order valence-electron chi connectivity index (χ1n) is 10.7. The Bertz CT molecular complexity index is 1630. The Morgan fingerprint density at radius 1 is 0.774 bits per heavy atom. The number of para-hydroxylation sites is 1. The van der Waals surface area contributed by atoms with Gasteiger partial charge in [0.05, 0.1) is 11.2 Å². The highest BCUT2D eigenvalue weighted by atomic mass is 16.3. The maximum absolute atomic E-state index is 6.42. The molecular weight excluding hydrogens is 380 g/mol. The van der Waals surface area contributed by atoms with E-state index in [-0.39, 0.29) is 0 Å². The van der Waals surface area contributed by atoms with Crippen LogP contribution in [0.5, 0.6) is 0 Å². The minimum atomic E-state index is 0.458. The van der Waals surface area contributed by atoms with Crippen LogP contribution in [0.3, 0.4) is 0 Å². The van der Waals surface area contributed by atoms with Crippen LogP contribution in [0.25, 0.3) is 54.9 Å². The molecule has 31 heavy (non-hydrogen) atoms. The SMILES string of the molecule is Cc1ccc2ccc3c(-c4cccc5c4oc4cc(C(C)C)ccc45)ncnc3c2c1. The zero-order valence-electron chi connectivity index (χ0n) is 17.8. The number of fused-ring (bicyclic) bond motifs is 6. The third-order valence-electron chi connectivity index (χ3n) is 6.22. The van der Waals surface area contributed by atoms with Crippen LogP contribution in [0, 0.1) is 6.92 Å². The standard InChI is InChI=1S/C28H22N2O/c1-16(2)19-10-11-20-21-5-4-6-23(28(21)31-25(20)14-19)26-22-12-9-18-8-7-17(3)13-24(18)27(22)30-15-29-26/h4-16H,1-3H3. The molecule has 3 heteroatoms. The van der Waals surface area contributed by atoms with Gasteiger partial charge in [0.2, 0.25) is 0 Å². The lowest BCUT2D eigenvalue weighted by atomic mass is 9.99. The molecule has 0 saturated carbocycles. The lowest BCUT2D eigenvalue weighted by molar-refractivity contribution is 0.668. The number of aryl methyl sites for hydroxylation is 1. The van der Waals surface area contributed by atoms with Crippen LogP contribution in [0.15, 0.2) is 77.5 Å². The molecule has 0 aliphatic heterocycles. The van der Waals surface area contributed by atoms with Crippen molar-refractivity contribution in [2.75, 3.05) is 0 Å². The number of nitrogens with zero attached hydrogens (tertiary/aromatic N) is 2. The van der Waals surface area contributed by atoms with Crippen molar-refractivity contribution in [2.45, 2.75) is 26.7 Å². The largest absolute Gasteiger partial charge is 0.455 e. The molecule has 0 spiro atoms. The van der Waals surface area contributed by atoms with Crippen molar-refractivity contribution in [3.05, 3.63) is 84.2 Å². The predicted molar refractivity (Wildman–Crippen MR) is 129 cm³/mol. The third-order valence-corrected chi connectivity index (χ3v) is 6.22. The molecule has 0 aliphatic carbocycles. The molecule has 2 heterocycles. The molecule has 0 aliphatic rings. The van der Waals surface area contributed by atoms with Gasteiger partial charge in [-0.3, -0.25) is 0 Å². The van der Waals surface area contributed by atoms with Gasteiger partial charge in [0, 0.05) is 27.1 Å².